The highest BCUT2D eigenvalue weighted by Gasteiger charge is 2.24. The first-order valence-electron chi connectivity index (χ1n) is 5.91. The molecule has 8 heteroatoms. The number of nitrogen functional groups attached to an aromatic ring is 1. The maximum atomic E-state index is 11.9. The fourth-order valence-electron chi connectivity index (χ4n) is 1.27. The molecule has 0 aromatic carbocycles. The Balaban J connectivity index is 2.75. The summed E-state index contributed by atoms with van der Waals surface area (Å²) in [7, 11) is 0. The Kier molecular flexibility index (Phi) is 5.04. The summed E-state index contributed by atoms with van der Waals surface area (Å²) < 4.78 is 5.38. The van der Waals surface area contributed by atoms with Crippen LogP contribution in [0.1, 0.15) is 38.2 Å². The van der Waals surface area contributed by atoms with Crippen LogP contribution in [0.4, 0.5) is 5.82 Å². The van der Waals surface area contributed by atoms with E-state index in [1.807, 2.05) is 20.8 Å². The second-order valence-electron chi connectivity index (χ2n) is 5.21. The lowest BCUT2D eigenvalue weighted by atomic mass is 10.1. The number of anilines is 1. The van der Waals surface area contributed by atoms with Gasteiger partial charge in [0.05, 0.1) is 6.20 Å². The number of carbonyl (C=O) groups excluding carboxylic acids is 2. The molecule has 1 atom stereocenters. The maximum Gasteiger partial charge on any atom is 0.361 e. The van der Waals surface area contributed by atoms with Gasteiger partial charge in [-0.1, -0.05) is 0 Å². The Morgan fingerprint density at radius 3 is 2.60 bits per heavy atom. The molecule has 1 heterocycles. The van der Waals surface area contributed by atoms with E-state index in [2.05, 4.69) is 31.2 Å². The highest BCUT2D eigenvalue weighted by molar-refractivity contribution is 9.10. The monoisotopic (exact) mass is 344 g/mol. The minimum Gasteiger partial charge on any atom is -0.448 e. The predicted molar refractivity (Wildman–Crippen MR) is 76.9 cm³/mol. The van der Waals surface area contributed by atoms with Gasteiger partial charge in [0.15, 0.2) is 17.6 Å². The minimum absolute atomic E-state index is 0.0540. The molecule has 0 saturated heterocycles. The Morgan fingerprint density at radius 2 is 2.05 bits per heavy atom. The molecule has 3 N–H and O–H groups in total. The minimum atomic E-state index is -0.957. The molecule has 1 amide bonds. The van der Waals surface area contributed by atoms with Crippen molar-refractivity contribution in [2.45, 2.75) is 39.3 Å². The molecule has 110 valence electrons. The zero-order valence-electron chi connectivity index (χ0n) is 11.7. The number of hydrogen-bond acceptors (Lipinski definition) is 6. The van der Waals surface area contributed by atoms with Crippen molar-refractivity contribution < 1.29 is 14.3 Å². The molecule has 0 aliphatic rings. The highest BCUT2D eigenvalue weighted by Crippen LogP contribution is 2.13. The summed E-state index contributed by atoms with van der Waals surface area (Å²) >= 11 is 3.08. The molecule has 0 bridgehead atoms. The van der Waals surface area contributed by atoms with Gasteiger partial charge >= 0.3 is 5.97 Å². The van der Waals surface area contributed by atoms with Gasteiger partial charge in [0.2, 0.25) is 0 Å². The fraction of sp³-hybridized carbons (Fsp3) is 0.500. The molecule has 20 heavy (non-hydrogen) atoms. The molecule has 1 unspecified atom stereocenters. The third-order valence-corrected chi connectivity index (χ3v) is 2.50. The summed E-state index contributed by atoms with van der Waals surface area (Å²) in [5, 5.41) is 2.71. The molecular formula is C12H17BrN4O3. The Labute approximate surface area is 125 Å². The summed E-state index contributed by atoms with van der Waals surface area (Å²) in [6, 6.07) is 0. The quantitative estimate of drug-likeness (QED) is 0.799. The van der Waals surface area contributed by atoms with Crippen molar-refractivity contribution >= 4 is 33.6 Å². The summed E-state index contributed by atoms with van der Waals surface area (Å²) in [6.07, 6.45) is 0.406. The van der Waals surface area contributed by atoms with E-state index in [1.54, 1.807) is 0 Å². The lowest BCUT2D eigenvalue weighted by Gasteiger charge is -2.23. The molecule has 1 aromatic heterocycles. The maximum absolute atomic E-state index is 11.9. The number of rotatable bonds is 3. The first kappa shape index (κ1) is 16.4. The van der Waals surface area contributed by atoms with Gasteiger partial charge in [-0.05, 0) is 43.6 Å². The lowest BCUT2D eigenvalue weighted by Crippen LogP contribution is -2.46. The number of halogens is 1. The van der Waals surface area contributed by atoms with Crippen molar-refractivity contribution in [1.29, 1.82) is 0 Å². The van der Waals surface area contributed by atoms with Crippen molar-refractivity contribution in [2.75, 3.05) is 5.73 Å². The predicted octanol–water partition coefficient (Wildman–Crippen LogP) is 1.28. The first-order chi connectivity index (χ1) is 9.10. The van der Waals surface area contributed by atoms with E-state index < -0.39 is 23.5 Å². The molecule has 0 aliphatic carbocycles. The number of amides is 1. The van der Waals surface area contributed by atoms with Crippen molar-refractivity contribution in [2.24, 2.45) is 0 Å². The van der Waals surface area contributed by atoms with Gasteiger partial charge in [0.1, 0.15) is 4.60 Å². The zero-order valence-corrected chi connectivity index (χ0v) is 13.3. The molecular weight excluding hydrogens is 328 g/mol. The normalized spacial score (nSPS) is 12.7. The standard InChI is InChI=1S/C12H17BrN4O3/c1-6(10(18)17-12(2,3)4)20-11(19)8-9(14)15-5-7(13)16-8/h5-6H,1-4H3,(H2,14,15)(H,17,18). The summed E-state index contributed by atoms with van der Waals surface area (Å²) in [5.74, 6) is -1.25. The topological polar surface area (TPSA) is 107 Å². The smallest absolute Gasteiger partial charge is 0.361 e. The van der Waals surface area contributed by atoms with Gasteiger partial charge in [-0.25, -0.2) is 14.8 Å². The van der Waals surface area contributed by atoms with E-state index in [1.165, 1.54) is 13.1 Å². The number of hydrogen-bond donors (Lipinski definition) is 2. The molecule has 0 radical (unpaired) electrons. The van der Waals surface area contributed by atoms with Crippen LogP contribution in [0, 0.1) is 0 Å². The van der Waals surface area contributed by atoms with Gasteiger partial charge in [-0.2, -0.15) is 0 Å². The largest absolute Gasteiger partial charge is 0.448 e. The van der Waals surface area contributed by atoms with Crippen LogP contribution < -0.4 is 11.1 Å². The molecule has 1 rings (SSSR count). The Hall–Kier alpha value is -1.70. The third-order valence-electron chi connectivity index (χ3n) is 2.12. The number of ether oxygens (including phenoxy) is 1. The number of nitrogens with one attached hydrogen (secondary N) is 1. The fourth-order valence-corrected chi connectivity index (χ4v) is 1.55. The average molecular weight is 345 g/mol. The highest BCUT2D eigenvalue weighted by atomic mass is 79.9. The second-order valence-corrected chi connectivity index (χ2v) is 6.03. The van der Waals surface area contributed by atoms with Crippen LogP contribution in [0.3, 0.4) is 0 Å². The summed E-state index contributed by atoms with van der Waals surface area (Å²) in [4.78, 5) is 31.4. The SMILES string of the molecule is CC(OC(=O)c1nc(Br)cnc1N)C(=O)NC(C)(C)C. The summed E-state index contributed by atoms with van der Waals surface area (Å²) in [5.41, 5.74) is 5.01. The van der Waals surface area contributed by atoms with Crippen LogP contribution >= 0.6 is 15.9 Å². The van der Waals surface area contributed by atoms with Gasteiger partial charge < -0.3 is 15.8 Å². The van der Waals surface area contributed by atoms with Crippen LogP contribution in [0.15, 0.2) is 10.8 Å². The number of carbonyl (C=O) groups is 2. The van der Waals surface area contributed by atoms with Crippen LogP contribution in [-0.4, -0.2) is 33.5 Å². The number of nitrogens with zero attached hydrogens (tertiary/aromatic N) is 2. The van der Waals surface area contributed by atoms with E-state index in [0.717, 1.165) is 0 Å². The van der Waals surface area contributed by atoms with Gasteiger partial charge in [0.25, 0.3) is 5.91 Å². The van der Waals surface area contributed by atoms with Crippen molar-refractivity contribution in [1.82, 2.24) is 15.3 Å². The van der Waals surface area contributed by atoms with Crippen molar-refractivity contribution in [3.63, 3.8) is 0 Å². The third kappa shape index (κ3) is 4.76. The van der Waals surface area contributed by atoms with E-state index in [-0.39, 0.29) is 11.5 Å². The Bertz CT molecular complexity index is 528. The molecule has 0 fully saturated rings. The molecule has 0 saturated carbocycles. The van der Waals surface area contributed by atoms with E-state index >= 15 is 0 Å². The lowest BCUT2D eigenvalue weighted by molar-refractivity contribution is -0.130. The van der Waals surface area contributed by atoms with Gasteiger partial charge in [-0.3, -0.25) is 4.79 Å². The second kappa shape index (κ2) is 6.17. The number of aromatic nitrogens is 2. The van der Waals surface area contributed by atoms with Crippen LogP contribution in [-0.2, 0) is 9.53 Å². The van der Waals surface area contributed by atoms with Gasteiger partial charge in [0, 0.05) is 5.54 Å². The first-order valence-corrected chi connectivity index (χ1v) is 6.70. The number of esters is 1. The van der Waals surface area contributed by atoms with Crippen LogP contribution in [0.25, 0.3) is 0 Å². The van der Waals surface area contributed by atoms with Crippen molar-refractivity contribution in [3.8, 4) is 0 Å². The van der Waals surface area contributed by atoms with Crippen LogP contribution in [0.5, 0.6) is 0 Å². The zero-order chi connectivity index (χ0) is 15.5. The van der Waals surface area contributed by atoms with Crippen molar-refractivity contribution in [3.05, 3.63) is 16.5 Å². The van der Waals surface area contributed by atoms with E-state index in [0.29, 0.717) is 4.60 Å². The molecule has 0 spiro atoms. The molecule has 7 nitrogen and oxygen atoms in total. The molecule has 1 aromatic rings. The number of nitrogens with two attached hydrogens (primary N) is 1. The Morgan fingerprint density at radius 1 is 1.45 bits per heavy atom. The van der Waals surface area contributed by atoms with Gasteiger partial charge in [-0.15, -0.1) is 0 Å². The summed E-state index contributed by atoms with van der Waals surface area (Å²) in [6.45, 7) is 6.96. The van der Waals surface area contributed by atoms with E-state index in [4.69, 9.17) is 10.5 Å². The van der Waals surface area contributed by atoms with Crippen LogP contribution in [0.2, 0.25) is 0 Å². The average Bonchev–Trinajstić information content (AvgIpc) is 2.29. The van der Waals surface area contributed by atoms with E-state index in [9.17, 15) is 9.59 Å². The molecule has 0 aliphatic heterocycles.